The van der Waals surface area contributed by atoms with E-state index in [0.717, 1.165) is 25.0 Å². The third-order valence-corrected chi connectivity index (χ3v) is 3.94. The summed E-state index contributed by atoms with van der Waals surface area (Å²) in [6, 6.07) is 0. The molecule has 0 saturated carbocycles. The minimum Gasteiger partial charge on any atom is -0.378 e. The Bertz CT molecular complexity index is 198. The van der Waals surface area contributed by atoms with Gasteiger partial charge in [-0.25, -0.2) is 0 Å². The van der Waals surface area contributed by atoms with Crippen LogP contribution >= 0.6 is 0 Å². The summed E-state index contributed by atoms with van der Waals surface area (Å²) in [4.78, 5) is 2.58. The molecule has 3 heteroatoms. The van der Waals surface area contributed by atoms with Gasteiger partial charge in [0.25, 0.3) is 0 Å². The maximum atomic E-state index is 5.73. The van der Waals surface area contributed by atoms with Crippen LogP contribution in [0.2, 0.25) is 0 Å². The van der Waals surface area contributed by atoms with Crippen LogP contribution in [0.15, 0.2) is 0 Å². The number of nitrogens with two attached hydrogens (primary N) is 1. The summed E-state index contributed by atoms with van der Waals surface area (Å²) in [5, 5.41) is 0. The van der Waals surface area contributed by atoms with Gasteiger partial charge in [0.15, 0.2) is 0 Å². The molecule has 2 rings (SSSR count). The average molecular weight is 212 g/mol. The summed E-state index contributed by atoms with van der Waals surface area (Å²) in [7, 11) is 0. The zero-order valence-corrected chi connectivity index (χ0v) is 9.82. The molecular weight excluding hydrogens is 188 g/mol. The fraction of sp³-hybridized carbons (Fsp3) is 1.00. The Morgan fingerprint density at radius 2 is 2.27 bits per heavy atom. The summed E-state index contributed by atoms with van der Waals surface area (Å²) >= 11 is 0. The topological polar surface area (TPSA) is 38.5 Å². The van der Waals surface area contributed by atoms with Gasteiger partial charge in [-0.05, 0) is 44.2 Å². The Kier molecular flexibility index (Phi) is 4.00. The molecule has 0 radical (unpaired) electrons. The second kappa shape index (κ2) is 5.28. The Balaban J connectivity index is 1.77. The molecule has 3 unspecified atom stereocenters. The summed E-state index contributed by atoms with van der Waals surface area (Å²) in [6.07, 6.45) is 4.23. The van der Waals surface area contributed by atoms with Gasteiger partial charge in [-0.1, -0.05) is 6.92 Å². The average Bonchev–Trinajstić information content (AvgIpc) is 2.87. The fourth-order valence-corrected chi connectivity index (χ4v) is 2.96. The molecule has 2 fully saturated rings. The summed E-state index contributed by atoms with van der Waals surface area (Å²) < 4.78 is 5.73. The standard InChI is InChI=1S/C12H24N2O/c1-2-12-11(4-6-15-12)9-14-5-3-10(7-13)8-14/h10-12H,2-9,13H2,1H3. The third-order valence-electron chi connectivity index (χ3n) is 3.94. The molecule has 88 valence electrons. The van der Waals surface area contributed by atoms with Crippen LogP contribution in [-0.2, 0) is 4.74 Å². The molecule has 2 aliphatic rings. The molecule has 2 saturated heterocycles. The van der Waals surface area contributed by atoms with Gasteiger partial charge in [-0.3, -0.25) is 0 Å². The molecule has 0 aromatic carbocycles. The van der Waals surface area contributed by atoms with Crippen molar-refractivity contribution in [3.8, 4) is 0 Å². The molecule has 0 spiro atoms. The van der Waals surface area contributed by atoms with Gasteiger partial charge < -0.3 is 15.4 Å². The number of nitrogens with zero attached hydrogens (tertiary/aromatic N) is 1. The van der Waals surface area contributed by atoms with E-state index in [-0.39, 0.29) is 0 Å². The van der Waals surface area contributed by atoms with Crippen LogP contribution in [0.1, 0.15) is 26.2 Å². The van der Waals surface area contributed by atoms with Crippen molar-refractivity contribution in [2.75, 3.05) is 32.8 Å². The monoisotopic (exact) mass is 212 g/mol. The Hall–Kier alpha value is -0.120. The van der Waals surface area contributed by atoms with Gasteiger partial charge in [0.2, 0.25) is 0 Å². The lowest BCUT2D eigenvalue weighted by Gasteiger charge is -2.23. The number of ether oxygens (including phenoxy) is 1. The van der Waals surface area contributed by atoms with Crippen molar-refractivity contribution >= 4 is 0 Å². The molecular formula is C12H24N2O. The highest BCUT2D eigenvalue weighted by Gasteiger charge is 2.30. The minimum absolute atomic E-state index is 0.516. The Labute approximate surface area is 93.0 Å². The molecule has 3 atom stereocenters. The van der Waals surface area contributed by atoms with Gasteiger partial charge in [0, 0.05) is 19.7 Å². The Morgan fingerprint density at radius 1 is 1.40 bits per heavy atom. The molecule has 2 aliphatic heterocycles. The van der Waals surface area contributed by atoms with Crippen LogP contribution in [0, 0.1) is 11.8 Å². The lowest BCUT2D eigenvalue weighted by molar-refractivity contribution is 0.0779. The van der Waals surface area contributed by atoms with Crippen molar-refractivity contribution < 1.29 is 4.74 Å². The lowest BCUT2D eigenvalue weighted by atomic mass is 9.99. The van der Waals surface area contributed by atoms with Gasteiger partial charge in [0.1, 0.15) is 0 Å². The number of hydrogen-bond acceptors (Lipinski definition) is 3. The largest absolute Gasteiger partial charge is 0.378 e. The quantitative estimate of drug-likeness (QED) is 0.758. The molecule has 2 heterocycles. The van der Waals surface area contributed by atoms with Crippen LogP contribution in [-0.4, -0.2) is 43.8 Å². The van der Waals surface area contributed by atoms with E-state index < -0.39 is 0 Å². The highest BCUT2D eigenvalue weighted by atomic mass is 16.5. The van der Waals surface area contributed by atoms with Crippen molar-refractivity contribution in [1.29, 1.82) is 0 Å². The molecule has 15 heavy (non-hydrogen) atoms. The molecule has 0 aromatic rings. The van der Waals surface area contributed by atoms with Gasteiger partial charge >= 0.3 is 0 Å². The normalized spacial score (nSPS) is 37.6. The van der Waals surface area contributed by atoms with Crippen LogP contribution in [0.5, 0.6) is 0 Å². The van der Waals surface area contributed by atoms with Gasteiger partial charge in [-0.15, -0.1) is 0 Å². The summed E-state index contributed by atoms with van der Waals surface area (Å²) in [5.74, 6) is 1.51. The third kappa shape index (κ3) is 2.71. The van der Waals surface area contributed by atoms with Crippen molar-refractivity contribution in [3.05, 3.63) is 0 Å². The van der Waals surface area contributed by atoms with E-state index in [4.69, 9.17) is 10.5 Å². The maximum absolute atomic E-state index is 5.73. The number of hydrogen-bond donors (Lipinski definition) is 1. The van der Waals surface area contributed by atoms with E-state index in [0.29, 0.717) is 6.10 Å². The minimum atomic E-state index is 0.516. The zero-order valence-electron chi connectivity index (χ0n) is 9.82. The SMILES string of the molecule is CCC1OCCC1CN1CCC(CN)C1. The van der Waals surface area contributed by atoms with E-state index in [1.807, 2.05) is 0 Å². The van der Waals surface area contributed by atoms with E-state index in [9.17, 15) is 0 Å². The Morgan fingerprint density at radius 3 is 2.93 bits per heavy atom. The maximum Gasteiger partial charge on any atom is 0.0613 e. The molecule has 0 bridgehead atoms. The first-order valence-electron chi connectivity index (χ1n) is 6.37. The zero-order chi connectivity index (χ0) is 10.7. The van der Waals surface area contributed by atoms with Crippen molar-refractivity contribution in [1.82, 2.24) is 4.90 Å². The first-order valence-corrected chi connectivity index (χ1v) is 6.37. The predicted octanol–water partition coefficient (Wildman–Crippen LogP) is 1.08. The molecule has 0 aromatic heterocycles. The van der Waals surface area contributed by atoms with E-state index in [1.54, 1.807) is 0 Å². The number of rotatable bonds is 4. The van der Waals surface area contributed by atoms with Crippen LogP contribution in [0.4, 0.5) is 0 Å². The first-order chi connectivity index (χ1) is 7.33. The van der Waals surface area contributed by atoms with E-state index in [2.05, 4.69) is 11.8 Å². The summed E-state index contributed by atoms with van der Waals surface area (Å²) in [5.41, 5.74) is 5.71. The second-order valence-electron chi connectivity index (χ2n) is 5.02. The molecule has 0 aliphatic carbocycles. The second-order valence-corrected chi connectivity index (χ2v) is 5.02. The lowest BCUT2D eigenvalue weighted by Crippen LogP contribution is -2.32. The van der Waals surface area contributed by atoms with Crippen LogP contribution in [0.25, 0.3) is 0 Å². The predicted molar refractivity (Wildman–Crippen MR) is 61.7 cm³/mol. The molecule has 3 nitrogen and oxygen atoms in total. The molecule has 0 amide bonds. The van der Waals surface area contributed by atoms with Crippen LogP contribution < -0.4 is 5.73 Å². The summed E-state index contributed by atoms with van der Waals surface area (Å²) in [6.45, 7) is 7.75. The highest BCUT2D eigenvalue weighted by Crippen LogP contribution is 2.26. The fourth-order valence-electron chi connectivity index (χ4n) is 2.96. The van der Waals surface area contributed by atoms with Crippen molar-refractivity contribution in [3.63, 3.8) is 0 Å². The highest BCUT2D eigenvalue weighted by molar-refractivity contribution is 4.82. The van der Waals surface area contributed by atoms with E-state index >= 15 is 0 Å². The number of likely N-dealkylation sites (tertiary alicyclic amines) is 1. The molecule has 2 N–H and O–H groups in total. The van der Waals surface area contributed by atoms with Crippen LogP contribution in [0.3, 0.4) is 0 Å². The van der Waals surface area contributed by atoms with Gasteiger partial charge in [-0.2, -0.15) is 0 Å². The van der Waals surface area contributed by atoms with Crippen molar-refractivity contribution in [2.45, 2.75) is 32.3 Å². The smallest absolute Gasteiger partial charge is 0.0613 e. The van der Waals surface area contributed by atoms with Gasteiger partial charge in [0.05, 0.1) is 6.10 Å². The van der Waals surface area contributed by atoms with Crippen molar-refractivity contribution in [2.24, 2.45) is 17.6 Å². The van der Waals surface area contributed by atoms with E-state index in [1.165, 1.54) is 38.9 Å². The first kappa shape index (κ1) is 11.4.